The van der Waals surface area contributed by atoms with Crippen LogP contribution in [0.2, 0.25) is 20.1 Å². The van der Waals surface area contributed by atoms with E-state index in [9.17, 15) is 5.11 Å². The van der Waals surface area contributed by atoms with Crippen molar-refractivity contribution >= 4 is 46.4 Å². The second kappa shape index (κ2) is 5.68. The van der Waals surface area contributed by atoms with Crippen molar-refractivity contribution in [1.29, 1.82) is 0 Å². The summed E-state index contributed by atoms with van der Waals surface area (Å²) >= 11 is 24.0. The largest absolute Gasteiger partial charge is 0.222 e. The standard InChI is InChI=1S/C13H7Cl4O/c14-7-3-1-4-8(15)11(7)13(18)12-9(16)5-2-6-10(12)17/h1-6,13H. The van der Waals surface area contributed by atoms with Gasteiger partial charge in [0.15, 0.2) is 0 Å². The number of halogens is 4. The van der Waals surface area contributed by atoms with Gasteiger partial charge in [-0.05, 0) is 24.3 Å². The van der Waals surface area contributed by atoms with E-state index in [-0.39, 0.29) is 11.1 Å². The lowest BCUT2D eigenvalue weighted by Crippen LogP contribution is -2.02. The van der Waals surface area contributed by atoms with Crippen molar-refractivity contribution in [2.24, 2.45) is 0 Å². The Morgan fingerprint density at radius 3 is 1.22 bits per heavy atom. The molecule has 0 N–H and O–H groups in total. The van der Waals surface area contributed by atoms with Gasteiger partial charge >= 0.3 is 0 Å². The van der Waals surface area contributed by atoms with E-state index >= 15 is 0 Å². The van der Waals surface area contributed by atoms with Crippen molar-refractivity contribution in [2.75, 3.05) is 0 Å². The van der Waals surface area contributed by atoms with Crippen molar-refractivity contribution in [1.82, 2.24) is 0 Å². The molecule has 2 rings (SSSR count). The highest BCUT2D eigenvalue weighted by Gasteiger charge is 2.23. The molecule has 0 heterocycles. The van der Waals surface area contributed by atoms with Crippen LogP contribution in [-0.4, -0.2) is 0 Å². The summed E-state index contributed by atoms with van der Waals surface area (Å²) in [6.07, 6.45) is -1.31. The van der Waals surface area contributed by atoms with E-state index in [1.807, 2.05) is 0 Å². The molecule has 0 fully saturated rings. The molecule has 1 radical (unpaired) electrons. The van der Waals surface area contributed by atoms with Gasteiger partial charge in [-0.1, -0.05) is 58.5 Å². The average molecular weight is 321 g/mol. The lowest BCUT2D eigenvalue weighted by molar-refractivity contribution is 0.125. The summed E-state index contributed by atoms with van der Waals surface area (Å²) in [4.78, 5) is 0. The van der Waals surface area contributed by atoms with Crippen LogP contribution in [0.25, 0.3) is 0 Å². The molecule has 1 nitrogen and oxygen atoms in total. The van der Waals surface area contributed by atoms with Crippen molar-refractivity contribution in [3.8, 4) is 0 Å². The topological polar surface area (TPSA) is 19.9 Å². The molecule has 0 aliphatic heterocycles. The van der Waals surface area contributed by atoms with E-state index in [2.05, 4.69) is 0 Å². The van der Waals surface area contributed by atoms with Gasteiger partial charge in [0.05, 0.1) is 0 Å². The van der Waals surface area contributed by atoms with Gasteiger partial charge in [0.2, 0.25) is 0 Å². The van der Waals surface area contributed by atoms with E-state index in [1.165, 1.54) is 0 Å². The Balaban J connectivity index is 2.58. The smallest absolute Gasteiger partial charge is 0.149 e. The predicted molar refractivity (Wildman–Crippen MR) is 75.5 cm³/mol. The Bertz CT molecular complexity index is 491. The molecule has 0 bridgehead atoms. The molecule has 2 aromatic carbocycles. The van der Waals surface area contributed by atoms with Gasteiger partial charge in [0.25, 0.3) is 0 Å². The number of hydrogen-bond acceptors (Lipinski definition) is 0. The zero-order valence-corrected chi connectivity index (χ0v) is 12.0. The lowest BCUT2D eigenvalue weighted by atomic mass is 10.0. The van der Waals surface area contributed by atoms with E-state index in [4.69, 9.17) is 46.4 Å². The Morgan fingerprint density at radius 2 is 0.944 bits per heavy atom. The minimum Gasteiger partial charge on any atom is -0.222 e. The predicted octanol–water partition coefficient (Wildman–Crippen LogP) is 5.82. The third-order valence-corrected chi connectivity index (χ3v) is 3.84. The second-order valence-corrected chi connectivity index (χ2v) is 5.28. The Morgan fingerprint density at radius 1 is 0.667 bits per heavy atom. The fraction of sp³-hybridized carbons (Fsp3) is 0.0769. The maximum atomic E-state index is 12.5. The van der Waals surface area contributed by atoms with Gasteiger partial charge in [0, 0.05) is 31.2 Å². The number of rotatable bonds is 2. The zero-order valence-electron chi connectivity index (χ0n) is 8.96. The first-order chi connectivity index (χ1) is 8.52. The fourth-order valence-corrected chi connectivity index (χ4v) is 2.86. The maximum absolute atomic E-state index is 12.5. The first kappa shape index (κ1) is 14.0. The summed E-state index contributed by atoms with van der Waals surface area (Å²) in [6.45, 7) is 0. The monoisotopic (exact) mass is 319 g/mol. The molecule has 0 aromatic heterocycles. The van der Waals surface area contributed by atoms with Crippen molar-refractivity contribution in [2.45, 2.75) is 6.10 Å². The summed E-state index contributed by atoms with van der Waals surface area (Å²) in [7, 11) is 0. The molecule has 0 saturated heterocycles. The van der Waals surface area contributed by atoms with Crippen molar-refractivity contribution in [3.05, 3.63) is 67.6 Å². The summed E-state index contributed by atoms with van der Waals surface area (Å²) in [6, 6.07) is 9.79. The minimum absolute atomic E-state index is 0.288. The van der Waals surface area contributed by atoms with E-state index in [0.717, 1.165) is 0 Å². The molecule has 0 saturated carbocycles. The minimum atomic E-state index is -1.31. The average Bonchev–Trinajstić information content (AvgIpc) is 2.28. The quantitative estimate of drug-likeness (QED) is 0.664. The number of benzene rings is 2. The maximum Gasteiger partial charge on any atom is 0.149 e. The first-order valence-electron chi connectivity index (χ1n) is 5.06. The summed E-state index contributed by atoms with van der Waals surface area (Å²) in [5, 5.41) is 13.7. The van der Waals surface area contributed by atoms with Crippen LogP contribution in [0.4, 0.5) is 0 Å². The molecule has 0 spiro atoms. The normalized spacial score (nSPS) is 11.0. The molecular formula is C13H7Cl4O. The highest BCUT2D eigenvalue weighted by atomic mass is 35.5. The van der Waals surface area contributed by atoms with Crippen LogP contribution < -0.4 is 0 Å². The molecule has 0 aliphatic rings. The van der Waals surface area contributed by atoms with E-state index in [0.29, 0.717) is 20.1 Å². The molecule has 2 aromatic rings. The van der Waals surface area contributed by atoms with Crippen molar-refractivity contribution < 1.29 is 5.11 Å². The first-order valence-corrected chi connectivity index (χ1v) is 6.57. The van der Waals surface area contributed by atoms with E-state index in [1.54, 1.807) is 36.4 Å². The SMILES string of the molecule is [O]C(c1c(Cl)cccc1Cl)c1c(Cl)cccc1Cl. The molecule has 0 atom stereocenters. The number of hydrogen-bond donors (Lipinski definition) is 0. The van der Waals surface area contributed by atoms with Crippen LogP contribution in [0.3, 0.4) is 0 Å². The van der Waals surface area contributed by atoms with Crippen LogP contribution in [0.5, 0.6) is 0 Å². The van der Waals surface area contributed by atoms with Crippen LogP contribution >= 0.6 is 46.4 Å². The van der Waals surface area contributed by atoms with Crippen LogP contribution in [0, 0.1) is 0 Å². The van der Waals surface area contributed by atoms with E-state index < -0.39 is 6.10 Å². The third-order valence-electron chi connectivity index (χ3n) is 2.52. The summed E-state index contributed by atoms with van der Waals surface area (Å²) in [5.74, 6) is 0. The molecule has 93 valence electrons. The molecule has 0 unspecified atom stereocenters. The van der Waals surface area contributed by atoms with Gasteiger partial charge in [-0.2, -0.15) is 0 Å². The van der Waals surface area contributed by atoms with Crippen LogP contribution in [0.1, 0.15) is 17.2 Å². The van der Waals surface area contributed by atoms with Crippen LogP contribution in [-0.2, 0) is 5.11 Å². The Hall–Kier alpha value is -0.440. The highest BCUT2D eigenvalue weighted by Crippen LogP contribution is 2.39. The van der Waals surface area contributed by atoms with Crippen molar-refractivity contribution in [3.63, 3.8) is 0 Å². The van der Waals surface area contributed by atoms with Gasteiger partial charge in [0.1, 0.15) is 6.10 Å². The molecule has 0 aliphatic carbocycles. The lowest BCUT2D eigenvalue weighted by Gasteiger charge is -2.15. The Labute approximate surface area is 125 Å². The second-order valence-electron chi connectivity index (χ2n) is 3.65. The van der Waals surface area contributed by atoms with Gasteiger partial charge in [-0.25, -0.2) is 5.11 Å². The summed E-state index contributed by atoms with van der Waals surface area (Å²) < 4.78 is 0. The Kier molecular flexibility index (Phi) is 4.41. The van der Waals surface area contributed by atoms with Gasteiger partial charge in [-0.3, -0.25) is 0 Å². The molecular weight excluding hydrogens is 314 g/mol. The molecule has 5 heteroatoms. The van der Waals surface area contributed by atoms with Gasteiger partial charge in [-0.15, -0.1) is 0 Å². The van der Waals surface area contributed by atoms with Crippen LogP contribution in [0.15, 0.2) is 36.4 Å². The highest BCUT2D eigenvalue weighted by molar-refractivity contribution is 6.37. The zero-order chi connectivity index (χ0) is 13.3. The van der Waals surface area contributed by atoms with Gasteiger partial charge < -0.3 is 0 Å². The molecule has 18 heavy (non-hydrogen) atoms. The molecule has 0 amide bonds. The summed E-state index contributed by atoms with van der Waals surface area (Å²) in [5.41, 5.74) is 0.576. The third kappa shape index (κ3) is 2.61. The fourth-order valence-electron chi connectivity index (χ4n) is 1.67.